The number of anilines is 1. The van der Waals surface area contributed by atoms with Crippen molar-refractivity contribution in [1.29, 1.82) is 0 Å². The number of allylic oxidation sites excluding steroid dienone is 2. The number of hydrogen-bond acceptors (Lipinski definition) is 6. The molecule has 3 aromatic rings. The number of ether oxygens (including phenoxy) is 2. The zero-order chi connectivity index (χ0) is 27.0. The van der Waals surface area contributed by atoms with Crippen molar-refractivity contribution in [1.82, 2.24) is 0 Å². The summed E-state index contributed by atoms with van der Waals surface area (Å²) in [5.74, 6) is -5.09. The van der Waals surface area contributed by atoms with E-state index in [1.807, 2.05) is 17.5 Å². The molecular weight excluding hydrogens is 512 g/mol. The van der Waals surface area contributed by atoms with Crippen LogP contribution in [0.1, 0.15) is 42.0 Å². The molecule has 1 aromatic heterocycles. The van der Waals surface area contributed by atoms with E-state index in [1.54, 1.807) is 31.2 Å². The van der Waals surface area contributed by atoms with Crippen LogP contribution in [-0.2, 0) is 19.1 Å². The fourth-order valence-electron chi connectivity index (χ4n) is 5.39. The van der Waals surface area contributed by atoms with E-state index in [2.05, 4.69) is 0 Å². The number of hydrogen-bond donors (Lipinski definition) is 0. The maximum atomic E-state index is 15.0. The Kier molecular flexibility index (Phi) is 7.12. The van der Waals surface area contributed by atoms with Gasteiger partial charge in [-0.3, -0.25) is 19.3 Å². The van der Waals surface area contributed by atoms with Crippen LogP contribution in [0.15, 0.2) is 71.2 Å². The summed E-state index contributed by atoms with van der Waals surface area (Å²) in [4.78, 5) is 43.0. The number of nitrogens with zero attached hydrogens (tertiary/aromatic N) is 1. The zero-order valence-corrected chi connectivity index (χ0v) is 21.6. The Morgan fingerprint density at radius 1 is 1.08 bits per heavy atom. The Bertz CT molecular complexity index is 1430. The standard InChI is InChI=1S/C29H25F2NO5S/c1-3-37-29(35)27-20(24-8-5-11-38-24)14-23-26(28(27)34)19(16-6-4-7-18(12-16)36-2)15-25(33)32(23)22-10-9-17(30)13-21(22)31/h4-13,19-20,27H,3,14-15H2,1-2H3. The van der Waals surface area contributed by atoms with Gasteiger partial charge in [0.25, 0.3) is 0 Å². The lowest BCUT2D eigenvalue weighted by Gasteiger charge is -2.42. The number of esters is 1. The molecule has 3 atom stereocenters. The van der Waals surface area contributed by atoms with E-state index in [4.69, 9.17) is 9.47 Å². The molecule has 0 fully saturated rings. The van der Waals surface area contributed by atoms with Crippen LogP contribution in [0.3, 0.4) is 0 Å². The summed E-state index contributed by atoms with van der Waals surface area (Å²) in [6.07, 6.45) is -0.0259. The maximum Gasteiger partial charge on any atom is 0.317 e. The number of carbonyl (C=O) groups excluding carboxylic acids is 3. The van der Waals surface area contributed by atoms with E-state index in [1.165, 1.54) is 29.4 Å². The van der Waals surface area contributed by atoms with Crippen molar-refractivity contribution < 1.29 is 32.6 Å². The first-order valence-electron chi connectivity index (χ1n) is 12.2. The van der Waals surface area contributed by atoms with Crippen molar-refractivity contribution in [2.75, 3.05) is 18.6 Å². The van der Waals surface area contributed by atoms with Crippen LogP contribution in [0.4, 0.5) is 14.5 Å². The van der Waals surface area contributed by atoms with Crippen LogP contribution in [-0.4, -0.2) is 31.4 Å². The van der Waals surface area contributed by atoms with Gasteiger partial charge in [-0.2, -0.15) is 0 Å². The Labute approximate surface area is 222 Å². The highest BCUT2D eigenvalue weighted by atomic mass is 32.1. The third kappa shape index (κ3) is 4.51. The SMILES string of the molecule is CCOC(=O)C1C(=O)C2=C(CC1c1cccs1)N(c1ccc(F)cc1F)C(=O)CC2c1cccc(OC)c1. The fourth-order valence-corrected chi connectivity index (χ4v) is 6.25. The van der Waals surface area contributed by atoms with Gasteiger partial charge in [0.05, 0.1) is 19.4 Å². The lowest BCUT2D eigenvalue weighted by atomic mass is 9.69. The van der Waals surface area contributed by atoms with Gasteiger partial charge in [0.2, 0.25) is 5.91 Å². The molecule has 9 heteroatoms. The molecular formula is C29H25F2NO5S. The van der Waals surface area contributed by atoms with E-state index < -0.39 is 47.0 Å². The number of carbonyl (C=O) groups is 3. The predicted octanol–water partition coefficient (Wildman–Crippen LogP) is 5.75. The molecule has 2 heterocycles. The van der Waals surface area contributed by atoms with E-state index in [0.717, 1.165) is 10.9 Å². The number of rotatable bonds is 6. The summed E-state index contributed by atoms with van der Waals surface area (Å²) >= 11 is 1.39. The minimum atomic E-state index is -1.12. The molecule has 5 rings (SSSR count). The molecule has 0 radical (unpaired) electrons. The fraction of sp³-hybridized carbons (Fsp3) is 0.276. The van der Waals surface area contributed by atoms with Gasteiger partial charge >= 0.3 is 5.97 Å². The maximum absolute atomic E-state index is 15.0. The lowest BCUT2D eigenvalue weighted by Crippen LogP contribution is -2.46. The molecule has 2 aromatic carbocycles. The summed E-state index contributed by atoms with van der Waals surface area (Å²) in [6.45, 7) is 1.78. The number of methoxy groups -OCH3 is 1. The van der Waals surface area contributed by atoms with Crippen molar-refractivity contribution in [3.05, 3.63) is 93.3 Å². The normalized spacial score (nSPS) is 21.4. The molecule has 1 aliphatic heterocycles. The monoisotopic (exact) mass is 537 g/mol. The van der Waals surface area contributed by atoms with Gasteiger partial charge in [0.1, 0.15) is 23.3 Å². The van der Waals surface area contributed by atoms with Crippen molar-refractivity contribution in [3.8, 4) is 5.75 Å². The number of thiophene rings is 1. The first-order chi connectivity index (χ1) is 18.3. The lowest BCUT2D eigenvalue weighted by molar-refractivity contribution is -0.152. The second kappa shape index (κ2) is 10.5. The molecule has 2 aliphatic rings. The van der Waals surface area contributed by atoms with Crippen LogP contribution < -0.4 is 9.64 Å². The highest BCUT2D eigenvalue weighted by molar-refractivity contribution is 7.10. The number of halogens is 2. The molecule has 0 saturated heterocycles. The summed E-state index contributed by atoms with van der Waals surface area (Å²) in [5, 5.41) is 1.84. The van der Waals surface area contributed by atoms with Crippen molar-refractivity contribution >= 4 is 34.7 Å². The Morgan fingerprint density at radius 3 is 2.58 bits per heavy atom. The molecule has 196 valence electrons. The highest BCUT2D eigenvalue weighted by Gasteiger charge is 2.50. The average Bonchev–Trinajstić information content (AvgIpc) is 3.44. The predicted molar refractivity (Wildman–Crippen MR) is 138 cm³/mol. The quantitative estimate of drug-likeness (QED) is 0.296. The molecule has 38 heavy (non-hydrogen) atoms. The van der Waals surface area contributed by atoms with E-state index in [9.17, 15) is 18.8 Å². The molecule has 0 N–H and O–H groups in total. The van der Waals surface area contributed by atoms with Crippen molar-refractivity contribution in [2.24, 2.45) is 5.92 Å². The molecule has 0 bridgehead atoms. The van der Waals surface area contributed by atoms with Crippen LogP contribution in [0.25, 0.3) is 0 Å². The van der Waals surface area contributed by atoms with Gasteiger partial charge in [0.15, 0.2) is 5.78 Å². The number of Topliss-reactive ketones (excluding diaryl/α,β-unsaturated/α-hetero) is 1. The highest BCUT2D eigenvalue weighted by Crippen LogP contribution is 2.50. The third-order valence-corrected chi connectivity index (χ3v) is 8.02. The number of benzene rings is 2. The second-order valence-corrected chi connectivity index (χ2v) is 10.1. The van der Waals surface area contributed by atoms with Gasteiger partial charge in [-0.05, 0) is 54.6 Å². The largest absolute Gasteiger partial charge is 0.497 e. The first-order valence-corrected chi connectivity index (χ1v) is 13.1. The second-order valence-electron chi connectivity index (χ2n) is 9.14. The third-order valence-electron chi connectivity index (χ3n) is 7.02. The van der Waals surface area contributed by atoms with E-state index in [0.29, 0.717) is 23.1 Å². The summed E-state index contributed by atoms with van der Waals surface area (Å²) < 4.78 is 39.5. The smallest absolute Gasteiger partial charge is 0.317 e. The Morgan fingerprint density at radius 2 is 1.89 bits per heavy atom. The van der Waals surface area contributed by atoms with Gasteiger partial charge in [0, 0.05) is 40.5 Å². The first kappa shape index (κ1) is 25.8. The Hall–Kier alpha value is -3.85. The van der Waals surface area contributed by atoms with Gasteiger partial charge in [-0.1, -0.05) is 18.2 Å². The number of amides is 1. The minimum absolute atomic E-state index is 0.108. The van der Waals surface area contributed by atoms with Crippen LogP contribution in [0.5, 0.6) is 5.75 Å². The molecule has 0 saturated carbocycles. The Balaban J connectivity index is 1.74. The van der Waals surface area contributed by atoms with Gasteiger partial charge in [-0.15, -0.1) is 11.3 Å². The molecule has 6 nitrogen and oxygen atoms in total. The summed E-state index contributed by atoms with van der Waals surface area (Å²) in [5.41, 5.74) is 1.09. The summed E-state index contributed by atoms with van der Waals surface area (Å²) in [7, 11) is 1.52. The van der Waals surface area contributed by atoms with Crippen molar-refractivity contribution in [3.63, 3.8) is 0 Å². The molecule has 1 aliphatic carbocycles. The number of ketones is 1. The van der Waals surface area contributed by atoms with Crippen LogP contribution in [0.2, 0.25) is 0 Å². The van der Waals surface area contributed by atoms with Gasteiger partial charge < -0.3 is 9.47 Å². The van der Waals surface area contributed by atoms with E-state index >= 15 is 4.39 Å². The van der Waals surface area contributed by atoms with Crippen LogP contribution >= 0.6 is 11.3 Å². The van der Waals surface area contributed by atoms with E-state index in [-0.39, 0.29) is 30.7 Å². The molecule has 0 spiro atoms. The summed E-state index contributed by atoms with van der Waals surface area (Å²) in [6, 6.07) is 13.7. The minimum Gasteiger partial charge on any atom is -0.497 e. The van der Waals surface area contributed by atoms with Crippen LogP contribution in [0, 0.1) is 17.6 Å². The topological polar surface area (TPSA) is 72.9 Å². The molecule has 1 amide bonds. The zero-order valence-electron chi connectivity index (χ0n) is 20.8. The van der Waals surface area contributed by atoms with Gasteiger partial charge in [-0.25, -0.2) is 8.78 Å². The van der Waals surface area contributed by atoms with Crippen molar-refractivity contribution in [2.45, 2.75) is 31.6 Å². The molecule has 3 unspecified atom stereocenters. The average molecular weight is 538 g/mol.